The molecule has 0 aliphatic rings. The molecule has 0 atom stereocenters. The number of nitrogens with zero attached hydrogens (tertiary/aromatic N) is 1. The molecule has 0 radical (unpaired) electrons. The molecule has 6 heteroatoms. The van der Waals surface area contributed by atoms with Crippen molar-refractivity contribution in [1.29, 1.82) is 5.26 Å². The van der Waals surface area contributed by atoms with Crippen LogP contribution in [0, 0.1) is 11.5 Å². The molecular formula is C5H7N3O3. The van der Waals surface area contributed by atoms with E-state index >= 15 is 0 Å². The normalized spacial score (nSPS) is 7.55. The lowest BCUT2D eigenvalue weighted by atomic mass is 10.5. The summed E-state index contributed by atoms with van der Waals surface area (Å²) in [5.41, 5.74) is 8.70. The summed E-state index contributed by atoms with van der Waals surface area (Å²) in [5.74, 6) is -1.93. The topological polar surface area (TPSA) is 130 Å². The Balaban J connectivity index is 0. The van der Waals surface area contributed by atoms with Crippen molar-refractivity contribution in [2.75, 3.05) is 0 Å². The maximum absolute atomic E-state index is 9.78. The molecular weight excluding hydrogens is 150 g/mol. The second-order valence-electron chi connectivity index (χ2n) is 1.20. The van der Waals surface area contributed by atoms with Gasteiger partial charge in [-0.25, -0.2) is 4.79 Å². The SMILES string of the molecule is N#CN.NC(=O)/C=C\C(=O)O. The van der Waals surface area contributed by atoms with E-state index in [1.807, 2.05) is 0 Å². The fraction of sp³-hybridized carbons (Fsp3) is 0. The molecule has 0 aromatic carbocycles. The van der Waals surface area contributed by atoms with Gasteiger partial charge in [0, 0.05) is 12.2 Å². The molecule has 0 saturated carbocycles. The van der Waals surface area contributed by atoms with E-state index in [9.17, 15) is 9.59 Å². The zero-order valence-electron chi connectivity index (χ0n) is 5.52. The van der Waals surface area contributed by atoms with Crippen LogP contribution in [-0.4, -0.2) is 17.0 Å². The fourth-order valence-corrected chi connectivity index (χ4v) is 0.153. The summed E-state index contributed by atoms with van der Waals surface area (Å²) in [6.45, 7) is 0. The van der Waals surface area contributed by atoms with Crippen molar-refractivity contribution in [3.63, 3.8) is 0 Å². The highest BCUT2D eigenvalue weighted by molar-refractivity contribution is 5.92. The van der Waals surface area contributed by atoms with Crippen LogP contribution in [-0.2, 0) is 9.59 Å². The first-order valence-electron chi connectivity index (χ1n) is 2.34. The number of primary amides is 1. The smallest absolute Gasteiger partial charge is 0.328 e. The highest BCUT2D eigenvalue weighted by Crippen LogP contribution is 1.68. The lowest BCUT2D eigenvalue weighted by molar-refractivity contribution is -0.131. The molecule has 0 rings (SSSR count). The molecule has 0 aliphatic carbocycles. The van der Waals surface area contributed by atoms with E-state index in [1.54, 1.807) is 0 Å². The molecule has 0 unspecified atom stereocenters. The van der Waals surface area contributed by atoms with Crippen molar-refractivity contribution in [3.8, 4) is 6.19 Å². The number of nitrogens with two attached hydrogens (primary N) is 2. The van der Waals surface area contributed by atoms with Crippen LogP contribution in [0.3, 0.4) is 0 Å². The predicted molar refractivity (Wildman–Crippen MR) is 35.8 cm³/mol. The van der Waals surface area contributed by atoms with Gasteiger partial charge in [0.25, 0.3) is 0 Å². The largest absolute Gasteiger partial charge is 0.478 e. The first-order valence-corrected chi connectivity index (χ1v) is 2.34. The molecule has 0 saturated heterocycles. The molecule has 1 amide bonds. The highest BCUT2D eigenvalue weighted by Gasteiger charge is 1.86. The Kier molecular flexibility index (Phi) is 8.50. The van der Waals surface area contributed by atoms with E-state index in [0.717, 1.165) is 6.08 Å². The number of carbonyl (C=O) groups excluding carboxylic acids is 1. The number of carboxylic acids is 1. The van der Waals surface area contributed by atoms with Crippen molar-refractivity contribution in [1.82, 2.24) is 0 Å². The van der Waals surface area contributed by atoms with Gasteiger partial charge in [-0.05, 0) is 0 Å². The van der Waals surface area contributed by atoms with Crippen LogP contribution in [0.4, 0.5) is 0 Å². The van der Waals surface area contributed by atoms with E-state index < -0.39 is 11.9 Å². The van der Waals surface area contributed by atoms with Gasteiger partial charge in [-0.15, -0.1) is 0 Å². The number of hydrogen-bond acceptors (Lipinski definition) is 4. The van der Waals surface area contributed by atoms with Gasteiger partial charge in [-0.3, -0.25) is 4.79 Å². The molecule has 5 N–H and O–H groups in total. The molecule has 0 aromatic rings. The maximum atomic E-state index is 9.78. The number of carbonyl (C=O) groups is 2. The van der Waals surface area contributed by atoms with Gasteiger partial charge in [0.2, 0.25) is 5.91 Å². The van der Waals surface area contributed by atoms with Crippen LogP contribution in [0.1, 0.15) is 0 Å². The zero-order chi connectivity index (χ0) is 9.28. The number of amides is 1. The highest BCUT2D eigenvalue weighted by atomic mass is 16.4. The zero-order valence-corrected chi connectivity index (χ0v) is 5.52. The van der Waals surface area contributed by atoms with Crippen molar-refractivity contribution in [2.45, 2.75) is 0 Å². The van der Waals surface area contributed by atoms with Gasteiger partial charge in [-0.2, -0.15) is 5.26 Å². The monoisotopic (exact) mass is 157 g/mol. The Bertz CT molecular complexity index is 188. The van der Waals surface area contributed by atoms with Gasteiger partial charge in [0.1, 0.15) is 0 Å². The second-order valence-corrected chi connectivity index (χ2v) is 1.20. The maximum Gasteiger partial charge on any atom is 0.328 e. The molecule has 11 heavy (non-hydrogen) atoms. The number of aliphatic carboxylic acids is 1. The molecule has 6 nitrogen and oxygen atoms in total. The minimum Gasteiger partial charge on any atom is -0.478 e. The summed E-state index contributed by atoms with van der Waals surface area (Å²) in [4.78, 5) is 19.4. The van der Waals surface area contributed by atoms with E-state index in [2.05, 4.69) is 11.5 Å². The molecule has 0 bridgehead atoms. The second kappa shape index (κ2) is 7.97. The average molecular weight is 157 g/mol. The number of rotatable bonds is 2. The standard InChI is InChI=1S/C4H5NO3.CH2N2/c5-3(6)1-2-4(7)8;2-1-3/h1-2H,(H2,5,6)(H,7,8);2H2/b2-1-;. The van der Waals surface area contributed by atoms with Gasteiger partial charge in [0.15, 0.2) is 6.19 Å². The lowest BCUT2D eigenvalue weighted by Gasteiger charge is -1.75. The van der Waals surface area contributed by atoms with Gasteiger partial charge >= 0.3 is 5.97 Å². The molecule has 60 valence electrons. The van der Waals surface area contributed by atoms with Crippen molar-refractivity contribution in [3.05, 3.63) is 12.2 Å². The lowest BCUT2D eigenvalue weighted by Crippen LogP contribution is -2.06. The van der Waals surface area contributed by atoms with E-state index in [4.69, 9.17) is 10.4 Å². The molecule has 0 aliphatic heterocycles. The summed E-state index contributed by atoms with van der Waals surface area (Å²) >= 11 is 0. The first kappa shape index (κ1) is 11.7. The Morgan fingerprint density at radius 2 is 1.82 bits per heavy atom. The van der Waals surface area contributed by atoms with Crippen LogP contribution in [0.5, 0.6) is 0 Å². The van der Waals surface area contributed by atoms with Crippen LogP contribution < -0.4 is 11.5 Å². The van der Waals surface area contributed by atoms with Crippen molar-refractivity contribution >= 4 is 11.9 Å². The quantitative estimate of drug-likeness (QED) is 0.256. The molecule has 0 aromatic heterocycles. The summed E-state index contributed by atoms with van der Waals surface area (Å²) < 4.78 is 0. The third-order valence-corrected chi connectivity index (χ3v) is 0.390. The van der Waals surface area contributed by atoms with Crippen LogP contribution in [0.25, 0.3) is 0 Å². The first-order chi connectivity index (χ1) is 5.04. The molecule has 0 fully saturated rings. The minimum atomic E-state index is -1.18. The van der Waals surface area contributed by atoms with Crippen molar-refractivity contribution in [2.24, 2.45) is 11.5 Å². The average Bonchev–Trinajstić information content (AvgIpc) is 1.85. The minimum absolute atomic E-state index is 0.683. The van der Waals surface area contributed by atoms with Crippen LogP contribution >= 0.6 is 0 Å². The predicted octanol–water partition coefficient (Wildman–Crippen LogP) is -1.46. The van der Waals surface area contributed by atoms with Gasteiger partial charge in [0.05, 0.1) is 0 Å². The van der Waals surface area contributed by atoms with Gasteiger partial charge in [-0.1, -0.05) is 0 Å². The third-order valence-electron chi connectivity index (χ3n) is 0.390. The Morgan fingerprint density at radius 1 is 1.45 bits per heavy atom. The van der Waals surface area contributed by atoms with E-state index in [-0.39, 0.29) is 0 Å². The Morgan fingerprint density at radius 3 is 1.91 bits per heavy atom. The summed E-state index contributed by atoms with van der Waals surface area (Å²) in [5, 5.41) is 15.0. The fourth-order valence-electron chi connectivity index (χ4n) is 0.153. The molecule has 0 heterocycles. The number of carboxylic acid groups (broad SMARTS) is 1. The summed E-state index contributed by atoms with van der Waals surface area (Å²) in [6.07, 6.45) is 2.71. The number of nitriles is 1. The van der Waals surface area contributed by atoms with E-state index in [1.165, 1.54) is 6.19 Å². The Labute approximate surface area is 62.7 Å². The molecule has 0 spiro atoms. The van der Waals surface area contributed by atoms with Crippen LogP contribution in [0.15, 0.2) is 12.2 Å². The summed E-state index contributed by atoms with van der Waals surface area (Å²) in [7, 11) is 0. The third kappa shape index (κ3) is 32.2. The van der Waals surface area contributed by atoms with Gasteiger partial charge < -0.3 is 16.6 Å². The number of hydrogen-bond donors (Lipinski definition) is 3. The van der Waals surface area contributed by atoms with Crippen LogP contribution in [0.2, 0.25) is 0 Å². The Hall–Kier alpha value is -2.03. The van der Waals surface area contributed by atoms with E-state index in [0.29, 0.717) is 6.08 Å². The van der Waals surface area contributed by atoms with Crippen molar-refractivity contribution < 1.29 is 14.7 Å². The summed E-state index contributed by atoms with van der Waals surface area (Å²) in [6, 6.07) is 0.